The summed E-state index contributed by atoms with van der Waals surface area (Å²) >= 11 is 0. The Morgan fingerprint density at radius 1 is 0.857 bits per heavy atom. The van der Waals surface area contributed by atoms with E-state index >= 15 is 0 Å². The van der Waals surface area contributed by atoms with Crippen LogP contribution in [-0.4, -0.2) is 40.8 Å². The lowest BCUT2D eigenvalue weighted by Crippen LogP contribution is -2.39. The quantitative estimate of drug-likeness (QED) is 0.184. The average Bonchev–Trinajstić information content (AvgIpc) is 2.68. The third kappa shape index (κ3) is 15.8. The summed E-state index contributed by atoms with van der Waals surface area (Å²) in [4.78, 5) is 23.1. The van der Waals surface area contributed by atoms with E-state index in [0.717, 1.165) is 25.7 Å². The first-order chi connectivity index (χ1) is 13.5. The molecule has 0 radical (unpaired) electrons. The molecular formula is C23H42O5. The predicted molar refractivity (Wildman–Crippen MR) is 113 cm³/mol. The number of ether oxygens (including phenoxy) is 1. The second-order valence-electron chi connectivity index (χ2n) is 7.61. The van der Waals surface area contributed by atoms with Crippen LogP contribution in [0.2, 0.25) is 0 Å². The maximum Gasteiger partial charge on any atom is 0.306 e. The van der Waals surface area contributed by atoms with Crippen LogP contribution in [0.5, 0.6) is 0 Å². The van der Waals surface area contributed by atoms with Gasteiger partial charge in [-0.15, -0.1) is 0 Å². The summed E-state index contributed by atoms with van der Waals surface area (Å²) in [5, 5.41) is 18.4. The van der Waals surface area contributed by atoms with Gasteiger partial charge in [0.15, 0.2) is 11.9 Å². The van der Waals surface area contributed by atoms with Crippen LogP contribution in [0.25, 0.3) is 0 Å². The Hall–Kier alpha value is -1.20. The van der Waals surface area contributed by atoms with Crippen molar-refractivity contribution in [1.82, 2.24) is 0 Å². The van der Waals surface area contributed by atoms with Gasteiger partial charge in [-0.1, -0.05) is 70.4 Å². The molecule has 0 aliphatic rings. The van der Waals surface area contributed by atoms with E-state index in [1.165, 1.54) is 58.3 Å². The second kappa shape index (κ2) is 19.1. The van der Waals surface area contributed by atoms with E-state index < -0.39 is 30.6 Å². The SMILES string of the molecule is CCCCCCCCC=CCCCCCCCC(=O)OC(C(C)=O)[C@@H](O)CO. The summed E-state index contributed by atoms with van der Waals surface area (Å²) < 4.78 is 4.98. The van der Waals surface area contributed by atoms with Gasteiger partial charge in [0.25, 0.3) is 0 Å². The highest BCUT2D eigenvalue weighted by molar-refractivity contribution is 5.84. The standard InChI is InChI=1S/C23H42O5/c1-3-4-5-6-7-8-9-10-11-12-13-14-15-16-17-18-22(27)28-23(20(2)25)21(26)19-24/h10-11,21,23-24,26H,3-9,12-19H2,1-2H3/t21-,23?/m0/s1. The molecule has 0 bridgehead atoms. The fourth-order valence-corrected chi connectivity index (χ4v) is 3.07. The van der Waals surface area contributed by atoms with Gasteiger partial charge in [-0.2, -0.15) is 0 Å². The first-order valence-electron chi connectivity index (χ1n) is 11.2. The summed E-state index contributed by atoms with van der Waals surface area (Å²) in [6.07, 6.45) is 17.7. The lowest BCUT2D eigenvalue weighted by Gasteiger charge is -2.19. The summed E-state index contributed by atoms with van der Waals surface area (Å²) in [6, 6.07) is 0. The molecule has 5 nitrogen and oxygen atoms in total. The molecule has 2 atom stereocenters. The maximum atomic E-state index is 11.7. The minimum Gasteiger partial charge on any atom is -0.451 e. The van der Waals surface area contributed by atoms with Crippen LogP contribution in [0.15, 0.2) is 12.2 Å². The van der Waals surface area contributed by atoms with Crippen molar-refractivity contribution in [2.45, 2.75) is 116 Å². The van der Waals surface area contributed by atoms with Gasteiger partial charge in [0, 0.05) is 6.42 Å². The van der Waals surface area contributed by atoms with Gasteiger partial charge in [0.1, 0.15) is 6.10 Å². The minimum atomic E-state index is -1.35. The number of ketones is 1. The first kappa shape index (κ1) is 26.8. The molecule has 0 saturated heterocycles. The van der Waals surface area contributed by atoms with Gasteiger partial charge < -0.3 is 14.9 Å². The minimum absolute atomic E-state index is 0.236. The topological polar surface area (TPSA) is 83.8 Å². The molecule has 0 saturated carbocycles. The molecule has 0 aromatic rings. The van der Waals surface area contributed by atoms with Crippen molar-refractivity contribution in [3.8, 4) is 0 Å². The van der Waals surface area contributed by atoms with Crippen LogP contribution in [0.3, 0.4) is 0 Å². The van der Waals surface area contributed by atoms with E-state index in [1.54, 1.807) is 0 Å². The first-order valence-corrected chi connectivity index (χ1v) is 11.2. The number of hydrogen-bond acceptors (Lipinski definition) is 5. The number of carbonyl (C=O) groups is 2. The number of Topliss-reactive ketones (excluding diaryl/α,β-unsaturated/α-hetero) is 1. The molecule has 0 amide bonds. The van der Waals surface area contributed by atoms with E-state index in [-0.39, 0.29) is 6.42 Å². The largest absolute Gasteiger partial charge is 0.451 e. The molecule has 164 valence electrons. The van der Waals surface area contributed by atoms with Crippen molar-refractivity contribution < 1.29 is 24.5 Å². The molecule has 0 aliphatic heterocycles. The van der Waals surface area contributed by atoms with Crippen molar-refractivity contribution in [2.75, 3.05) is 6.61 Å². The predicted octanol–water partition coefficient (Wildman–Crippen LogP) is 4.88. The molecule has 5 heteroatoms. The van der Waals surface area contributed by atoms with Crippen LogP contribution >= 0.6 is 0 Å². The molecule has 1 unspecified atom stereocenters. The number of hydrogen-bond donors (Lipinski definition) is 2. The molecular weight excluding hydrogens is 356 g/mol. The zero-order chi connectivity index (χ0) is 21.0. The van der Waals surface area contributed by atoms with Gasteiger partial charge in [-0.05, 0) is 39.0 Å². The fraction of sp³-hybridized carbons (Fsp3) is 0.826. The monoisotopic (exact) mass is 398 g/mol. The molecule has 2 N–H and O–H groups in total. The van der Waals surface area contributed by atoms with Crippen molar-refractivity contribution in [2.24, 2.45) is 0 Å². The van der Waals surface area contributed by atoms with E-state index in [9.17, 15) is 14.7 Å². The molecule has 0 heterocycles. The molecule has 0 fully saturated rings. The van der Waals surface area contributed by atoms with Crippen molar-refractivity contribution in [3.05, 3.63) is 12.2 Å². The van der Waals surface area contributed by atoms with E-state index in [0.29, 0.717) is 6.42 Å². The summed E-state index contributed by atoms with van der Waals surface area (Å²) in [5.74, 6) is -0.954. The molecule has 0 rings (SSSR count). The fourth-order valence-electron chi connectivity index (χ4n) is 3.07. The van der Waals surface area contributed by atoms with Crippen molar-refractivity contribution in [3.63, 3.8) is 0 Å². The van der Waals surface area contributed by atoms with E-state index in [1.807, 2.05) is 0 Å². The Morgan fingerprint density at radius 3 is 1.86 bits per heavy atom. The zero-order valence-electron chi connectivity index (χ0n) is 18.0. The molecule has 0 aliphatic carbocycles. The van der Waals surface area contributed by atoms with Gasteiger partial charge in [0.05, 0.1) is 6.61 Å². The Bertz CT molecular complexity index is 419. The second-order valence-corrected chi connectivity index (χ2v) is 7.61. The summed E-state index contributed by atoms with van der Waals surface area (Å²) in [5.41, 5.74) is 0. The number of aliphatic hydroxyl groups excluding tert-OH is 2. The molecule has 0 aromatic heterocycles. The zero-order valence-corrected chi connectivity index (χ0v) is 18.0. The smallest absolute Gasteiger partial charge is 0.306 e. The van der Waals surface area contributed by atoms with Crippen LogP contribution < -0.4 is 0 Å². The number of rotatable bonds is 19. The lowest BCUT2D eigenvalue weighted by molar-refractivity contribution is -0.162. The van der Waals surface area contributed by atoms with Crippen LogP contribution in [0.1, 0.15) is 104 Å². The van der Waals surface area contributed by atoms with Crippen molar-refractivity contribution in [1.29, 1.82) is 0 Å². The van der Waals surface area contributed by atoms with Crippen LogP contribution in [0.4, 0.5) is 0 Å². The van der Waals surface area contributed by atoms with Gasteiger partial charge >= 0.3 is 5.97 Å². The summed E-state index contributed by atoms with van der Waals surface area (Å²) in [7, 11) is 0. The Balaban J connectivity index is 3.52. The highest BCUT2D eigenvalue weighted by Crippen LogP contribution is 2.11. The molecule has 28 heavy (non-hydrogen) atoms. The highest BCUT2D eigenvalue weighted by Gasteiger charge is 2.26. The third-order valence-electron chi connectivity index (χ3n) is 4.84. The molecule has 0 aromatic carbocycles. The number of unbranched alkanes of at least 4 members (excludes halogenated alkanes) is 11. The van der Waals surface area contributed by atoms with Crippen LogP contribution in [-0.2, 0) is 14.3 Å². The van der Waals surface area contributed by atoms with E-state index in [2.05, 4.69) is 19.1 Å². The third-order valence-corrected chi connectivity index (χ3v) is 4.84. The Kier molecular flexibility index (Phi) is 18.3. The average molecular weight is 399 g/mol. The van der Waals surface area contributed by atoms with Gasteiger partial charge in [-0.3, -0.25) is 9.59 Å². The summed E-state index contributed by atoms with van der Waals surface area (Å²) in [6.45, 7) is 2.87. The Morgan fingerprint density at radius 2 is 1.36 bits per heavy atom. The Labute approximate surface area is 171 Å². The number of esters is 1. The maximum absolute atomic E-state index is 11.7. The normalized spacial score (nSPS) is 13.6. The van der Waals surface area contributed by atoms with Crippen molar-refractivity contribution >= 4 is 11.8 Å². The van der Waals surface area contributed by atoms with Gasteiger partial charge in [0.2, 0.25) is 0 Å². The molecule has 0 spiro atoms. The highest BCUT2D eigenvalue weighted by atomic mass is 16.6. The van der Waals surface area contributed by atoms with E-state index in [4.69, 9.17) is 9.84 Å². The lowest BCUT2D eigenvalue weighted by atomic mass is 10.1. The number of aliphatic hydroxyl groups is 2. The number of allylic oxidation sites excluding steroid dienone is 2. The van der Waals surface area contributed by atoms with Crippen LogP contribution in [0, 0.1) is 0 Å². The van der Waals surface area contributed by atoms with Gasteiger partial charge in [-0.25, -0.2) is 0 Å². The number of carbonyl (C=O) groups excluding carboxylic acids is 2.